The number of carboxylic acid groups (broad SMARTS) is 2. The Hall–Kier alpha value is -1.92. The molecule has 0 aliphatic heterocycles. The summed E-state index contributed by atoms with van der Waals surface area (Å²) in [5, 5.41) is 36.6. The predicted molar refractivity (Wildman–Crippen MR) is 61.8 cm³/mol. The highest BCUT2D eigenvalue weighted by molar-refractivity contribution is 6.03. The van der Waals surface area contributed by atoms with Gasteiger partial charge in [0.2, 0.25) is 0 Å². The van der Waals surface area contributed by atoms with Gasteiger partial charge in [-0.05, 0) is 30.5 Å². The molecule has 0 radical (unpaired) electrons. The fourth-order valence-corrected chi connectivity index (χ4v) is 1.89. The molecular weight excluding hydrogens is 240 g/mol. The molecule has 1 atom stereocenters. The number of aromatic carboxylic acids is 2. The van der Waals surface area contributed by atoms with Crippen LogP contribution in [-0.2, 0) is 6.42 Å². The van der Waals surface area contributed by atoms with Crippen molar-refractivity contribution in [3.05, 3.63) is 34.4 Å². The van der Waals surface area contributed by atoms with Crippen LogP contribution in [0.5, 0.6) is 0 Å². The van der Waals surface area contributed by atoms with Gasteiger partial charge in [-0.15, -0.1) is 0 Å². The monoisotopic (exact) mass is 254 g/mol. The molecule has 0 saturated heterocycles. The summed E-state index contributed by atoms with van der Waals surface area (Å²) in [5.41, 5.74) is -0.338. The molecule has 0 fully saturated rings. The highest BCUT2D eigenvalue weighted by Gasteiger charge is 2.24. The fourth-order valence-electron chi connectivity index (χ4n) is 1.89. The zero-order valence-corrected chi connectivity index (χ0v) is 9.75. The highest BCUT2D eigenvalue weighted by atomic mass is 16.4. The van der Waals surface area contributed by atoms with Gasteiger partial charge in [-0.1, -0.05) is 6.07 Å². The number of aliphatic hydroxyl groups is 2. The van der Waals surface area contributed by atoms with Crippen LogP contribution in [-0.4, -0.2) is 39.0 Å². The van der Waals surface area contributed by atoms with E-state index in [0.717, 1.165) is 0 Å². The molecule has 0 aliphatic rings. The lowest BCUT2D eigenvalue weighted by Crippen LogP contribution is -2.16. The molecular formula is C12H14O6. The number of benzene rings is 1. The third-order valence-corrected chi connectivity index (χ3v) is 2.58. The van der Waals surface area contributed by atoms with Crippen molar-refractivity contribution in [2.45, 2.75) is 19.4 Å². The van der Waals surface area contributed by atoms with Crippen molar-refractivity contribution >= 4 is 11.9 Å². The summed E-state index contributed by atoms with van der Waals surface area (Å²) in [6.07, 6.45) is -0.975. The summed E-state index contributed by atoms with van der Waals surface area (Å²) in [6, 6.07) is 2.58. The highest BCUT2D eigenvalue weighted by Crippen LogP contribution is 2.26. The van der Waals surface area contributed by atoms with E-state index in [4.69, 9.17) is 15.3 Å². The van der Waals surface area contributed by atoms with E-state index in [1.54, 1.807) is 0 Å². The molecule has 6 heteroatoms. The molecule has 0 aromatic heterocycles. The second-order valence-corrected chi connectivity index (χ2v) is 3.82. The molecule has 1 rings (SSSR count). The summed E-state index contributed by atoms with van der Waals surface area (Å²) >= 11 is 0. The zero-order valence-electron chi connectivity index (χ0n) is 9.75. The van der Waals surface area contributed by atoms with Crippen LogP contribution in [0.3, 0.4) is 0 Å². The first-order valence-electron chi connectivity index (χ1n) is 5.31. The van der Waals surface area contributed by atoms with Gasteiger partial charge in [0.25, 0.3) is 0 Å². The first kappa shape index (κ1) is 14.1. The maximum atomic E-state index is 11.2. The van der Waals surface area contributed by atoms with E-state index in [1.807, 2.05) is 0 Å². The van der Waals surface area contributed by atoms with Crippen LogP contribution in [0.2, 0.25) is 0 Å². The lowest BCUT2D eigenvalue weighted by Gasteiger charge is -2.16. The molecule has 1 aromatic carbocycles. The molecule has 6 nitrogen and oxygen atoms in total. The van der Waals surface area contributed by atoms with Crippen LogP contribution >= 0.6 is 0 Å². The standard InChI is InChI=1S/C12H14O6/c1-6(14)9-7(4-5-13)2-3-8(11(15)16)10(9)12(17)18/h2-3,6,13-14H,4-5H2,1H3,(H,15,16)(H,17,18). The molecule has 0 saturated carbocycles. The van der Waals surface area contributed by atoms with Gasteiger partial charge in [-0.2, -0.15) is 0 Å². The summed E-state index contributed by atoms with van der Waals surface area (Å²) in [6.45, 7) is 1.14. The Kier molecular flexibility index (Phi) is 4.41. The minimum Gasteiger partial charge on any atom is -0.478 e. The third kappa shape index (κ3) is 2.66. The van der Waals surface area contributed by atoms with Crippen LogP contribution in [0.25, 0.3) is 0 Å². The molecule has 0 heterocycles. The van der Waals surface area contributed by atoms with Gasteiger partial charge >= 0.3 is 11.9 Å². The number of hydrogen-bond acceptors (Lipinski definition) is 4. The van der Waals surface area contributed by atoms with Crippen LogP contribution < -0.4 is 0 Å². The average Bonchev–Trinajstić information content (AvgIpc) is 2.27. The van der Waals surface area contributed by atoms with Crippen LogP contribution in [0.4, 0.5) is 0 Å². The lowest BCUT2D eigenvalue weighted by molar-refractivity contribution is 0.0646. The van der Waals surface area contributed by atoms with E-state index in [9.17, 15) is 14.7 Å². The van der Waals surface area contributed by atoms with Gasteiger partial charge in [0.1, 0.15) is 0 Å². The quantitative estimate of drug-likeness (QED) is 0.614. The van der Waals surface area contributed by atoms with Gasteiger partial charge in [0.15, 0.2) is 0 Å². The van der Waals surface area contributed by atoms with Crippen molar-refractivity contribution in [2.75, 3.05) is 6.61 Å². The summed E-state index contributed by atoms with van der Waals surface area (Å²) in [4.78, 5) is 22.1. The van der Waals surface area contributed by atoms with Gasteiger partial charge in [0, 0.05) is 6.61 Å². The Bertz CT molecular complexity index is 478. The SMILES string of the molecule is CC(O)c1c(CCO)ccc(C(=O)O)c1C(=O)O. The van der Waals surface area contributed by atoms with Crippen molar-refractivity contribution in [1.82, 2.24) is 0 Å². The zero-order chi connectivity index (χ0) is 13.9. The predicted octanol–water partition coefficient (Wildman–Crippen LogP) is 0.671. The molecule has 0 amide bonds. The second-order valence-electron chi connectivity index (χ2n) is 3.82. The smallest absolute Gasteiger partial charge is 0.336 e. The van der Waals surface area contributed by atoms with Crippen molar-refractivity contribution < 1.29 is 30.0 Å². The Morgan fingerprint density at radius 1 is 1.22 bits per heavy atom. The minimum atomic E-state index is -1.41. The summed E-state index contributed by atoms with van der Waals surface area (Å²) < 4.78 is 0. The first-order valence-corrected chi connectivity index (χ1v) is 5.31. The molecule has 1 aromatic rings. The van der Waals surface area contributed by atoms with E-state index < -0.39 is 23.6 Å². The van der Waals surface area contributed by atoms with E-state index in [0.29, 0.717) is 5.56 Å². The van der Waals surface area contributed by atoms with Crippen LogP contribution in [0.15, 0.2) is 12.1 Å². The Balaban J connectivity index is 3.59. The van der Waals surface area contributed by atoms with Gasteiger partial charge in [-0.25, -0.2) is 9.59 Å². The van der Waals surface area contributed by atoms with Crippen molar-refractivity contribution in [2.24, 2.45) is 0 Å². The normalized spacial score (nSPS) is 12.2. The number of rotatable bonds is 5. The summed E-state index contributed by atoms with van der Waals surface area (Å²) in [5.74, 6) is -2.78. The second kappa shape index (κ2) is 5.61. The molecule has 18 heavy (non-hydrogen) atoms. The largest absolute Gasteiger partial charge is 0.478 e. The van der Waals surface area contributed by atoms with Crippen LogP contribution in [0, 0.1) is 0 Å². The lowest BCUT2D eigenvalue weighted by atomic mass is 9.91. The average molecular weight is 254 g/mol. The molecule has 1 unspecified atom stereocenters. The third-order valence-electron chi connectivity index (χ3n) is 2.58. The maximum Gasteiger partial charge on any atom is 0.336 e. The summed E-state index contributed by atoms with van der Waals surface area (Å²) in [7, 11) is 0. The van der Waals surface area contributed by atoms with Crippen molar-refractivity contribution in [3.63, 3.8) is 0 Å². The van der Waals surface area contributed by atoms with Crippen molar-refractivity contribution in [3.8, 4) is 0 Å². The van der Waals surface area contributed by atoms with E-state index in [1.165, 1.54) is 19.1 Å². The Labute approximate surface area is 103 Å². The number of carbonyl (C=O) groups is 2. The molecule has 4 N–H and O–H groups in total. The molecule has 0 bridgehead atoms. The van der Waals surface area contributed by atoms with E-state index >= 15 is 0 Å². The van der Waals surface area contributed by atoms with Gasteiger partial charge < -0.3 is 20.4 Å². The van der Waals surface area contributed by atoms with E-state index in [-0.39, 0.29) is 24.2 Å². The van der Waals surface area contributed by atoms with Gasteiger partial charge in [0.05, 0.1) is 17.2 Å². The number of carboxylic acids is 2. The Morgan fingerprint density at radius 2 is 1.83 bits per heavy atom. The molecule has 0 spiro atoms. The minimum absolute atomic E-state index is 0.0384. The maximum absolute atomic E-state index is 11.2. The molecule has 0 aliphatic carbocycles. The first-order chi connectivity index (χ1) is 8.40. The Morgan fingerprint density at radius 3 is 2.22 bits per heavy atom. The van der Waals surface area contributed by atoms with Crippen molar-refractivity contribution in [1.29, 1.82) is 0 Å². The van der Waals surface area contributed by atoms with Gasteiger partial charge in [-0.3, -0.25) is 0 Å². The van der Waals surface area contributed by atoms with Crippen LogP contribution in [0.1, 0.15) is 44.9 Å². The number of hydrogen-bond donors (Lipinski definition) is 4. The fraction of sp³-hybridized carbons (Fsp3) is 0.333. The topological polar surface area (TPSA) is 115 Å². The van der Waals surface area contributed by atoms with E-state index in [2.05, 4.69) is 0 Å². The molecule has 98 valence electrons. The number of aliphatic hydroxyl groups excluding tert-OH is 2.